The molecule has 2 aromatic rings. The summed E-state index contributed by atoms with van der Waals surface area (Å²) in [6, 6.07) is 11.7. The molecule has 0 fully saturated rings. The molecule has 0 spiro atoms. The van der Waals surface area contributed by atoms with Crippen molar-refractivity contribution in [2.24, 2.45) is 5.73 Å². The number of halogens is 1. The zero-order valence-corrected chi connectivity index (χ0v) is 13.2. The summed E-state index contributed by atoms with van der Waals surface area (Å²) in [5, 5.41) is 0. The first kappa shape index (κ1) is 16.5. The van der Waals surface area contributed by atoms with Crippen molar-refractivity contribution in [3.63, 3.8) is 0 Å². The van der Waals surface area contributed by atoms with E-state index < -0.39 is 0 Å². The van der Waals surface area contributed by atoms with Crippen LogP contribution in [0.4, 0.5) is 5.69 Å². The molecular formula is C17H20ClN3O. The summed E-state index contributed by atoms with van der Waals surface area (Å²) < 4.78 is 0. The molecule has 1 aliphatic rings. The highest BCUT2D eigenvalue weighted by atomic mass is 35.5. The Bertz CT molecular complexity index is 660. The van der Waals surface area contributed by atoms with E-state index in [1.807, 2.05) is 23.1 Å². The molecule has 1 amide bonds. The van der Waals surface area contributed by atoms with E-state index in [4.69, 9.17) is 5.73 Å². The van der Waals surface area contributed by atoms with Gasteiger partial charge in [-0.15, -0.1) is 12.4 Å². The van der Waals surface area contributed by atoms with Crippen LogP contribution in [-0.2, 0) is 13.0 Å². The summed E-state index contributed by atoms with van der Waals surface area (Å²) in [4.78, 5) is 18.9. The number of hydrogen-bond acceptors (Lipinski definition) is 3. The van der Waals surface area contributed by atoms with Gasteiger partial charge in [0, 0.05) is 30.5 Å². The highest BCUT2D eigenvalue weighted by Gasteiger charge is 2.22. The topological polar surface area (TPSA) is 59.2 Å². The number of nitrogens with two attached hydrogens (primary N) is 1. The van der Waals surface area contributed by atoms with Gasteiger partial charge in [-0.2, -0.15) is 0 Å². The van der Waals surface area contributed by atoms with Gasteiger partial charge in [0.1, 0.15) is 0 Å². The Morgan fingerprint density at radius 2 is 2.05 bits per heavy atom. The van der Waals surface area contributed by atoms with Crippen molar-refractivity contribution in [1.82, 2.24) is 4.98 Å². The normalized spacial score (nSPS) is 13.8. The molecule has 0 aliphatic carbocycles. The van der Waals surface area contributed by atoms with Crippen molar-refractivity contribution in [3.8, 4) is 0 Å². The number of carbonyl (C=O) groups is 1. The largest absolute Gasteiger partial charge is 0.325 e. The summed E-state index contributed by atoms with van der Waals surface area (Å²) in [5.41, 5.74) is 9.29. The number of para-hydroxylation sites is 1. The molecule has 0 bridgehead atoms. The molecule has 2 heterocycles. The van der Waals surface area contributed by atoms with Gasteiger partial charge in [-0.05, 0) is 43.0 Å². The molecule has 116 valence electrons. The third-order valence-electron chi connectivity index (χ3n) is 3.88. The number of fused-ring (bicyclic) bond motifs is 1. The number of amides is 1. The summed E-state index contributed by atoms with van der Waals surface area (Å²) in [7, 11) is 0. The average Bonchev–Trinajstić information content (AvgIpc) is 2.76. The van der Waals surface area contributed by atoms with Gasteiger partial charge in [0.05, 0.1) is 5.69 Å². The fourth-order valence-corrected chi connectivity index (χ4v) is 2.78. The van der Waals surface area contributed by atoms with Gasteiger partial charge >= 0.3 is 0 Å². The Balaban J connectivity index is 0.00000176. The van der Waals surface area contributed by atoms with Crippen LogP contribution < -0.4 is 10.6 Å². The van der Waals surface area contributed by atoms with E-state index in [1.54, 1.807) is 18.3 Å². The second kappa shape index (κ2) is 7.38. The number of rotatable bonds is 2. The molecule has 0 radical (unpaired) electrons. The van der Waals surface area contributed by atoms with Crippen molar-refractivity contribution in [2.45, 2.75) is 25.8 Å². The maximum Gasteiger partial charge on any atom is 0.258 e. The first-order valence-corrected chi connectivity index (χ1v) is 7.34. The van der Waals surface area contributed by atoms with Gasteiger partial charge in [0.2, 0.25) is 0 Å². The van der Waals surface area contributed by atoms with Crippen LogP contribution in [-0.4, -0.2) is 17.4 Å². The third kappa shape index (κ3) is 3.29. The molecule has 3 rings (SSSR count). The van der Waals surface area contributed by atoms with Crippen molar-refractivity contribution >= 4 is 24.0 Å². The van der Waals surface area contributed by atoms with Crippen LogP contribution in [0.2, 0.25) is 0 Å². The van der Waals surface area contributed by atoms with E-state index in [9.17, 15) is 4.79 Å². The van der Waals surface area contributed by atoms with Gasteiger partial charge < -0.3 is 10.6 Å². The lowest BCUT2D eigenvalue weighted by Crippen LogP contribution is -2.31. The number of pyridine rings is 1. The van der Waals surface area contributed by atoms with E-state index >= 15 is 0 Å². The number of nitrogens with zero attached hydrogens (tertiary/aromatic N) is 2. The first-order valence-electron chi connectivity index (χ1n) is 7.34. The zero-order chi connectivity index (χ0) is 14.7. The molecule has 0 atom stereocenters. The minimum atomic E-state index is 0. The fourth-order valence-electron chi connectivity index (χ4n) is 2.78. The number of aromatic nitrogens is 1. The van der Waals surface area contributed by atoms with Crippen molar-refractivity contribution in [3.05, 3.63) is 59.4 Å². The van der Waals surface area contributed by atoms with Crippen LogP contribution in [0.3, 0.4) is 0 Å². The zero-order valence-electron chi connectivity index (χ0n) is 12.4. The fraction of sp³-hybridized carbons (Fsp3) is 0.294. The van der Waals surface area contributed by atoms with E-state index in [1.165, 1.54) is 5.56 Å². The SMILES string of the molecule is Cl.NCc1cc(C(=O)N2CCCCc3ccccc32)ccn1. The number of anilines is 1. The van der Waals surface area contributed by atoms with Crippen LogP contribution >= 0.6 is 12.4 Å². The van der Waals surface area contributed by atoms with Gasteiger partial charge in [-0.1, -0.05) is 18.2 Å². The van der Waals surface area contributed by atoms with Gasteiger partial charge in [0.25, 0.3) is 5.91 Å². The van der Waals surface area contributed by atoms with E-state index in [-0.39, 0.29) is 18.3 Å². The summed E-state index contributed by atoms with van der Waals surface area (Å²) in [5.74, 6) is 0.0291. The number of hydrogen-bond donors (Lipinski definition) is 1. The quantitative estimate of drug-likeness (QED) is 0.926. The lowest BCUT2D eigenvalue weighted by molar-refractivity contribution is 0.0986. The van der Waals surface area contributed by atoms with Gasteiger partial charge in [0.15, 0.2) is 0 Å². The second-order valence-corrected chi connectivity index (χ2v) is 5.28. The minimum absolute atomic E-state index is 0. The Labute approximate surface area is 136 Å². The molecule has 5 heteroatoms. The highest BCUT2D eigenvalue weighted by Crippen LogP contribution is 2.27. The Kier molecular flexibility index (Phi) is 5.52. The average molecular weight is 318 g/mol. The minimum Gasteiger partial charge on any atom is -0.325 e. The first-order chi connectivity index (χ1) is 10.3. The predicted molar refractivity (Wildman–Crippen MR) is 90.4 cm³/mol. The van der Waals surface area contributed by atoms with Crippen molar-refractivity contribution in [1.29, 1.82) is 0 Å². The highest BCUT2D eigenvalue weighted by molar-refractivity contribution is 6.06. The summed E-state index contributed by atoms with van der Waals surface area (Å²) >= 11 is 0. The standard InChI is InChI=1S/C17H19N3O.ClH/c18-12-15-11-14(8-9-19-15)17(21)20-10-4-3-6-13-5-1-2-7-16(13)20;/h1-2,5,7-9,11H,3-4,6,10,12,18H2;1H. The maximum atomic E-state index is 12.8. The van der Waals surface area contributed by atoms with E-state index in [2.05, 4.69) is 11.1 Å². The molecule has 2 N–H and O–H groups in total. The molecule has 1 aromatic carbocycles. The van der Waals surface area contributed by atoms with E-state index in [0.29, 0.717) is 12.1 Å². The van der Waals surface area contributed by atoms with Crippen LogP contribution in [0.1, 0.15) is 34.5 Å². The third-order valence-corrected chi connectivity index (χ3v) is 3.88. The Morgan fingerprint density at radius 1 is 1.23 bits per heavy atom. The molecule has 22 heavy (non-hydrogen) atoms. The van der Waals surface area contributed by atoms with Crippen molar-refractivity contribution < 1.29 is 4.79 Å². The summed E-state index contributed by atoms with van der Waals surface area (Å²) in [6.07, 6.45) is 4.82. The van der Waals surface area contributed by atoms with Gasteiger partial charge in [-0.3, -0.25) is 9.78 Å². The maximum absolute atomic E-state index is 12.8. The molecule has 0 unspecified atom stereocenters. The molecule has 0 saturated carbocycles. The number of benzene rings is 1. The monoisotopic (exact) mass is 317 g/mol. The lowest BCUT2D eigenvalue weighted by atomic mass is 10.1. The smallest absolute Gasteiger partial charge is 0.258 e. The Morgan fingerprint density at radius 3 is 2.86 bits per heavy atom. The Hall–Kier alpha value is -1.91. The predicted octanol–water partition coefficient (Wildman–Crippen LogP) is 2.95. The van der Waals surface area contributed by atoms with Crippen LogP contribution in [0, 0.1) is 0 Å². The second-order valence-electron chi connectivity index (χ2n) is 5.28. The molecule has 1 aromatic heterocycles. The molecule has 0 saturated heterocycles. The van der Waals surface area contributed by atoms with Crippen molar-refractivity contribution in [2.75, 3.05) is 11.4 Å². The van der Waals surface area contributed by atoms with E-state index in [0.717, 1.165) is 37.2 Å². The van der Waals surface area contributed by atoms with Crippen LogP contribution in [0.15, 0.2) is 42.6 Å². The summed E-state index contributed by atoms with van der Waals surface area (Å²) in [6.45, 7) is 1.10. The van der Waals surface area contributed by atoms with Crippen LogP contribution in [0.5, 0.6) is 0 Å². The van der Waals surface area contributed by atoms with Gasteiger partial charge in [-0.25, -0.2) is 0 Å². The molecule has 4 nitrogen and oxygen atoms in total. The van der Waals surface area contributed by atoms with Crippen LogP contribution in [0.25, 0.3) is 0 Å². The lowest BCUT2D eigenvalue weighted by Gasteiger charge is -2.23. The number of carbonyl (C=O) groups excluding carboxylic acids is 1. The number of aryl methyl sites for hydroxylation is 1. The molecule has 1 aliphatic heterocycles. The molecular weight excluding hydrogens is 298 g/mol.